The van der Waals surface area contributed by atoms with Crippen LogP contribution in [0.15, 0.2) is 24.3 Å². The molecule has 0 saturated heterocycles. The van der Waals surface area contributed by atoms with Gasteiger partial charge in [-0.2, -0.15) is 0 Å². The van der Waals surface area contributed by atoms with E-state index >= 15 is 0 Å². The van der Waals surface area contributed by atoms with Gasteiger partial charge < -0.3 is 14.8 Å². The highest BCUT2D eigenvalue weighted by atomic mass is 16.5. The van der Waals surface area contributed by atoms with E-state index < -0.39 is 0 Å². The van der Waals surface area contributed by atoms with Crippen LogP contribution in [0.4, 0.5) is 0 Å². The maximum Gasteiger partial charge on any atom is 0.123 e. The number of hydrogen-bond donors (Lipinski definition) is 1. The summed E-state index contributed by atoms with van der Waals surface area (Å²) in [4.78, 5) is 0. The molecule has 0 aliphatic heterocycles. The van der Waals surface area contributed by atoms with Crippen LogP contribution < -0.4 is 14.8 Å². The highest BCUT2D eigenvalue weighted by Gasteiger charge is 2.55. The number of benzene rings is 1. The molecule has 0 bridgehead atoms. The van der Waals surface area contributed by atoms with Gasteiger partial charge in [0.1, 0.15) is 17.6 Å². The molecule has 2 atom stereocenters. The lowest BCUT2D eigenvalue weighted by Crippen LogP contribution is -2.64. The third-order valence-electron chi connectivity index (χ3n) is 5.24. The largest absolute Gasteiger partial charge is 0.497 e. The molecule has 0 amide bonds. The Kier molecular flexibility index (Phi) is 3.88. The molecular weight excluding hydrogens is 250 g/mol. The number of rotatable bonds is 4. The maximum atomic E-state index is 6.30. The van der Waals surface area contributed by atoms with Gasteiger partial charge in [-0.1, -0.05) is 25.3 Å². The van der Waals surface area contributed by atoms with Crippen molar-refractivity contribution in [1.29, 1.82) is 0 Å². The molecular formula is C17H25NO2. The Morgan fingerprint density at radius 3 is 2.60 bits per heavy atom. The van der Waals surface area contributed by atoms with Crippen molar-refractivity contribution < 1.29 is 9.47 Å². The van der Waals surface area contributed by atoms with Gasteiger partial charge in [-0.3, -0.25) is 0 Å². The SMILES string of the molecule is CNC1CC(Oc2cccc(OC)c2)C12CCCCC2. The first-order chi connectivity index (χ1) is 9.78. The predicted octanol–water partition coefficient (Wildman–Crippen LogP) is 3.38. The summed E-state index contributed by atoms with van der Waals surface area (Å²) in [5.41, 5.74) is 0.357. The fraction of sp³-hybridized carbons (Fsp3) is 0.647. The Labute approximate surface area is 121 Å². The van der Waals surface area contributed by atoms with Gasteiger partial charge in [0.15, 0.2) is 0 Å². The summed E-state index contributed by atoms with van der Waals surface area (Å²) in [7, 11) is 3.78. The molecule has 1 N–H and O–H groups in total. The summed E-state index contributed by atoms with van der Waals surface area (Å²) < 4.78 is 11.6. The summed E-state index contributed by atoms with van der Waals surface area (Å²) in [5.74, 6) is 1.80. The standard InChI is InChI=1S/C17H25NO2/c1-18-15-12-16(17(15)9-4-3-5-10-17)20-14-8-6-7-13(11-14)19-2/h6-8,11,15-16,18H,3-5,9-10,12H2,1-2H3. The normalized spacial score (nSPS) is 27.9. The van der Waals surface area contributed by atoms with E-state index in [4.69, 9.17) is 9.47 Å². The van der Waals surface area contributed by atoms with Crippen LogP contribution in [0, 0.1) is 5.41 Å². The van der Waals surface area contributed by atoms with Crippen LogP contribution >= 0.6 is 0 Å². The molecule has 2 aliphatic carbocycles. The predicted molar refractivity (Wildman–Crippen MR) is 80.4 cm³/mol. The summed E-state index contributed by atoms with van der Waals surface area (Å²) >= 11 is 0. The first kappa shape index (κ1) is 13.7. The summed E-state index contributed by atoms with van der Waals surface area (Å²) in [6.07, 6.45) is 8.14. The van der Waals surface area contributed by atoms with E-state index in [0.717, 1.165) is 17.9 Å². The first-order valence-corrected chi connectivity index (χ1v) is 7.76. The number of hydrogen-bond acceptors (Lipinski definition) is 3. The van der Waals surface area contributed by atoms with Gasteiger partial charge in [0.25, 0.3) is 0 Å². The lowest BCUT2D eigenvalue weighted by Gasteiger charge is -2.57. The van der Waals surface area contributed by atoms with Crippen LogP contribution in [0.3, 0.4) is 0 Å². The van der Waals surface area contributed by atoms with Gasteiger partial charge in [0.05, 0.1) is 7.11 Å². The van der Waals surface area contributed by atoms with E-state index in [0.29, 0.717) is 17.6 Å². The monoisotopic (exact) mass is 275 g/mol. The summed E-state index contributed by atoms with van der Waals surface area (Å²) in [6, 6.07) is 8.60. The van der Waals surface area contributed by atoms with Crippen molar-refractivity contribution in [2.24, 2.45) is 5.41 Å². The van der Waals surface area contributed by atoms with Gasteiger partial charge >= 0.3 is 0 Å². The van der Waals surface area contributed by atoms with Crippen molar-refractivity contribution in [3.05, 3.63) is 24.3 Å². The van der Waals surface area contributed by atoms with Gasteiger partial charge in [0.2, 0.25) is 0 Å². The van der Waals surface area contributed by atoms with Crippen molar-refractivity contribution in [3.63, 3.8) is 0 Å². The molecule has 2 fully saturated rings. The summed E-state index contributed by atoms with van der Waals surface area (Å²) in [5, 5.41) is 3.50. The molecule has 3 nitrogen and oxygen atoms in total. The molecule has 0 radical (unpaired) electrons. The third-order valence-corrected chi connectivity index (χ3v) is 5.24. The molecule has 20 heavy (non-hydrogen) atoms. The maximum absolute atomic E-state index is 6.30. The van der Waals surface area contributed by atoms with Crippen LogP contribution in [-0.4, -0.2) is 26.3 Å². The van der Waals surface area contributed by atoms with Crippen molar-refractivity contribution >= 4 is 0 Å². The topological polar surface area (TPSA) is 30.5 Å². The molecule has 2 unspecified atom stereocenters. The van der Waals surface area contributed by atoms with Crippen LogP contribution in [0.5, 0.6) is 11.5 Å². The molecule has 3 heteroatoms. The van der Waals surface area contributed by atoms with Crippen LogP contribution in [0.2, 0.25) is 0 Å². The van der Waals surface area contributed by atoms with E-state index in [9.17, 15) is 0 Å². The van der Waals surface area contributed by atoms with Crippen LogP contribution in [-0.2, 0) is 0 Å². The van der Waals surface area contributed by atoms with Gasteiger partial charge in [-0.15, -0.1) is 0 Å². The number of nitrogens with one attached hydrogen (secondary N) is 1. The minimum absolute atomic E-state index is 0.354. The molecule has 0 aromatic heterocycles. The van der Waals surface area contributed by atoms with Crippen LogP contribution in [0.1, 0.15) is 38.5 Å². The third kappa shape index (κ3) is 2.28. The van der Waals surface area contributed by atoms with Crippen molar-refractivity contribution in [2.75, 3.05) is 14.2 Å². The van der Waals surface area contributed by atoms with Gasteiger partial charge in [0, 0.05) is 23.9 Å². The fourth-order valence-electron chi connectivity index (χ4n) is 4.04. The van der Waals surface area contributed by atoms with Crippen molar-refractivity contribution in [1.82, 2.24) is 5.32 Å². The number of ether oxygens (including phenoxy) is 2. The lowest BCUT2D eigenvalue weighted by atomic mass is 9.55. The van der Waals surface area contributed by atoms with Crippen LogP contribution in [0.25, 0.3) is 0 Å². The molecule has 3 rings (SSSR count). The molecule has 2 aliphatic rings. The molecule has 2 saturated carbocycles. The van der Waals surface area contributed by atoms with Gasteiger partial charge in [-0.25, -0.2) is 0 Å². The molecule has 0 heterocycles. The highest BCUT2D eigenvalue weighted by Crippen LogP contribution is 2.53. The molecule has 1 aromatic rings. The first-order valence-electron chi connectivity index (χ1n) is 7.76. The minimum atomic E-state index is 0.354. The number of methoxy groups -OCH3 is 1. The van der Waals surface area contributed by atoms with Gasteiger partial charge in [-0.05, 0) is 32.0 Å². The molecule has 110 valence electrons. The second-order valence-corrected chi connectivity index (χ2v) is 6.16. The minimum Gasteiger partial charge on any atom is -0.497 e. The van der Waals surface area contributed by atoms with Crippen molar-refractivity contribution in [3.8, 4) is 11.5 Å². The zero-order valence-electron chi connectivity index (χ0n) is 12.5. The second-order valence-electron chi connectivity index (χ2n) is 6.16. The molecule has 1 aromatic carbocycles. The Morgan fingerprint density at radius 2 is 1.90 bits per heavy atom. The van der Waals surface area contributed by atoms with E-state index in [2.05, 4.69) is 12.4 Å². The zero-order valence-corrected chi connectivity index (χ0v) is 12.5. The van der Waals surface area contributed by atoms with E-state index in [1.807, 2.05) is 24.3 Å². The quantitative estimate of drug-likeness (QED) is 0.913. The van der Waals surface area contributed by atoms with E-state index in [1.165, 1.54) is 32.1 Å². The fourth-order valence-corrected chi connectivity index (χ4v) is 4.04. The molecule has 1 spiro atoms. The highest BCUT2D eigenvalue weighted by molar-refractivity contribution is 5.33. The Morgan fingerprint density at radius 1 is 1.15 bits per heavy atom. The van der Waals surface area contributed by atoms with Crippen molar-refractivity contribution in [2.45, 2.75) is 50.7 Å². The Bertz CT molecular complexity index is 454. The Hall–Kier alpha value is -1.22. The Balaban J connectivity index is 1.73. The average molecular weight is 275 g/mol. The smallest absolute Gasteiger partial charge is 0.123 e. The second kappa shape index (κ2) is 5.65. The lowest BCUT2D eigenvalue weighted by molar-refractivity contribution is -0.100. The average Bonchev–Trinajstić information content (AvgIpc) is 2.52. The summed E-state index contributed by atoms with van der Waals surface area (Å²) in [6.45, 7) is 0. The zero-order chi connectivity index (χ0) is 14.0. The van der Waals surface area contributed by atoms with E-state index in [-0.39, 0.29) is 0 Å². The van der Waals surface area contributed by atoms with E-state index in [1.54, 1.807) is 7.11 Å².